The molecule has 296 valence electrons. The number of carbonyl (C=O) groups excluding carboxylic acids is 2. The van der Waals surface area contributed by atoms with Gasteiger partial charge in [-0.2, -0.15) is 0 Å². The molecule has 0 aromatic carbocycles. The van der Waals surface area contributed by atoms with Gasteiger partial charge in [0.2, 0.25) is 0 Å². The number of rotatable bonds is 39. The number of hydrogen-bond acceptors (Lipinski definition) is 6. The zero-order valence-corrected chi connectivity index (χ0v) is 33.7. The molecule has 6 heteroatoms. The normalized spacial score (nSPS) is 15.6. The van der Waals surface area contributed by atoms with Gasteiger partial charge >= 0.3 is 11.9 Å². The summed E-state index contributed by atoms with van der Waals surface area (Å²) in [5.41, 5.74) is 0. The summed E-state index contributed by atoms with van der Waals surface area (Å²) in [6, 6.07) is 0. The van der Waals surface area contributed by atoms with Gasteiger partial charge < -0.3 is 19.5 Å². The molecule has 0 aromatic rings. The van der Waals surface area contributed by atoms with Crippen molar-refractivity contribution in [2.45, 2.75) is 238 Å². The second-order valence-corrected chi connectivity index (χ2v) is 15.7. The van der Waals surface area contributed by atoms with E-state index in [-0.39, 0.29) is 30.8 Å². The van der Waals surface area contributed by atoms with Crippen LogP contribution in [-0.2, 0) is 19.1 Å². The van der Waals surface area contributed by atoms with Crippen molar-refractivity contribution in [3.8, 4) is 0 Å². The molecule has 0 spiro atoms. The van der Waals surface area contributed by atoms with E-state index in [1.54, 1.807) is 0 Å². The van der Waals surface area contributed by atoms with Gasteiger partial charge in [0, 0.05) is 19.4 Å². The van der Waals surface area contributed by atoms with Crippen molar-refractivity contribution in [2.24, 2.45) is 5.92 Å². The van der Waals surface area contributed by atoms with Gasteiger partial charge in [0.15, 0.2) is 0 Å². The van der Waals surface area contributed by atoms with E-state index < -0.39 is 0 Å². The molecule has 0 saturated heterocycles. The Hall–Kier alpha value is -1.14. The highest BCUT2D eigenvalue weighted by atomic mass is 16.6. The first-order valence-corrected chi connectivity index (χ1v) is 22.3. The molecule has 1 N–H and O–H groups in total. The van der Waals surface area contributed by atoms with Crippen molar-refractivity contribution in [1.29, 1.82) is 0 Å². The maximum Gasteiger partial charge on any atom is 0.306 e. The van der Waals surface area contributed by atoms with Crippen LogP contribution in [0.2, 0.25) is 0 Å². The van der Waals surface area contributed by atoms with E-state index in [4.69, 9.17) is 9.47 Å². The van der Waals surface area contributed by atoms with Crippen molar-refractivity contribution in [2.75, 3.05) is 26.2 Å². The summed E-state index contributed by atoms with van der Waals surface area (Å²) in [5.74, 6) is 0.651. The Morgan fingerprint density at radius 3 is 1.52 bits per heavy atom. The van der Waals surface area contributed by atoms with Crippen molar-refractivity contribution in [1.82, 2.24) is 4.90 Å². The Kier molecular flexibility index (Phi) is 32.7. The van der Waals surface area contributed by atoms with E-state index >= 15 is 0 Å². The number of aliphatic hydroxyl groups excluding tert-OH is 1. The number of nitrogens with zero attached hydrogens (tertiary/aromatic N) is 1. The Balaban J connectivity index is 2.08. The van der Waals surface area contributed by atoms with Crippen LogP contribution in [0.5, 0.6) is 0 Å². The molecule has 2 unspecified atom stereocenters. The molecule has 1 aliphatic carbocycles. The lowest BCUT2D eigenvalue weighted by Crippen LogP contribution is -2.29. The van der Waals surface area contributed by atoms with Gasteiger partial charge in [0.1, 0.15) is 12.2 Å². The third-order valence-electron chi connectivity index (χ3n) is 10.8. The van der Waals surface area contributed by atoms with E-state index in [2.05, 4.69) is 25.7 Å². The lowest BCUT2D eigenvalue weighted by atomic mass is 10.0. The Bertz CT molecular complexity index is 745. The fourth-order valence-electron chi connectivity index (χ4n) is 7.29. The number of ether oxygens (including phenoxy) is 2. The number of aliphatic hydroxyl groups is 1. The maximum atomic E-state index is 12.7. The summed E-state index contributed by atoms with van der Waals surface area (Å²) >= 11 is 0. The topological polar surface area (TPSA) is 76.1 Å². The summed E-state index contributed by atoms with van der Waals surface area (Å²) in [4.78, 5) is 27.3. The number of esters is 2. The third kappa shape index (κ3) is 29.4. The van der Waals surface area contributed by atoms with Crippen LogP contribution in [0.4, 0.5) is 0 Å². The monoisotopic (exact) mass is 708 g/mol. The fourth-order valence-corrected chi connectivity index (χ4v) is 7.29. The first-order chi connectivity index (χ1) is 24.5. The van der Waals surface area contributed by atoms with Gasteiger partial charge in [0.05, 0.1) is 6.61 Å². The molecule has 1 rings (SSSR count). The van der Waals surface area contributed by atoms with Gasteiger partial charge in [-0.05, 0) is 83.2 Å². The third-order valence-corrected chi connectivity index (χ3v) is 10.8. The van der Waals surface area contributed by atoms with Gasteiger partial charge in [-0.3, -0.25) is 9.59 Å². The predicted molar refractivity (Wildman–Crippen MR) is 212 cm³/mol. The molecule has 0 heterocycles. The van der Waals surface area contributed by atoms with E-state index in [9.17, 15) is 14.7 Å². The molecule has 2 atom stereocenters. The molecule has 0 radical (unpaired) electrons. The summed E-state index contributed by atoms with van der Waals surface area (Å²) < 4.78 is 11.7. The van der Waals surface area contributed by atoms with E-state index in [0.29, 0.717) is 18.8 Å². The minimum Gasteiger partial charge on any atom is -0.462 e. The van der Waals surface area contributed by atoms with Crippen LogP contribution >= 0.6 is 0 Å². The zero-order valence-electron chi connectivity index (χ0n) is 33.7. The highest BCUT2D eigenvalue weighted by Gasteiger charge is 2.39. The lowest BCUT2D eigenvalue weighted by Gasteiger charge is -2.21. The van der Waals surface area contributed by atoms with Gasteiger partial charge in [0.25, 0.3) is 0 Å². The molecule has 1 aliphatic rings. The Morgan fingerprint density at radius 1 is 0.560 bits per heavy atom. The first-order valence-electron chi connectivity index (χ1n) is 22.3. The second kappa shape index (κ2) is 34.9. The average Bonchev–Trinajstić information content (AvgIpc) is 3.85. The molecule has 6 nitrogen and oxygen atoms in total. The number of hydrogen-bond donors (Lipinski definition) is 1. The lowest BCUT2D eigenvalue weighted by molar-refractivity contribution is -0.150. The molecule has 1 fully saturated rings. The highest BCUT2D eigenvalue weighted by molar-refractivity contribution is 5.70. The van der Waals surface area contributed by atoms with Crippen LogP contribution in [0.1, 0.15) is 226 Å². The van der Waals surface area contributed by atoms with Gasteiger partial charge in [-0.1, -0.05) is 149 Å². The molecule has 1 saturated carbocycles. The SMILES string of the molecule is CCCCCCCCC(CCCCCCCC)OC(=O)CCCCCCCN(CCO)CCCCCCCC(=O)OC1CC1CCCCCC. The minimum absolute atomic E-state index is 0.00589. The fraction of sp³-hybridized carbons (Fsp3) is 0.955. The first kappa shape index (κ1) is 46.9. The van der Waals surface area contributed by atoms with E-state index in [1.165, 1.54) is 122 Å². The summed E-state index contributed by atoms with van der Waals surface area (Å²) in [6.45, 7) is 9.79. The molecule has 0 bridgehead atoms. The van der Waals surface area contributed by atoms with Crippen LogP contribution in [0.3, 0.4) is 0 Å². The van der Waals surface area contributed by atoms with E-state index in [0.717, 1.165) is 90.3 Å². The minimum atomic E-state index is 0.00589. The number of carbonyl (C=O) groups is 2. The molecule has 0 aromatic heterocycles. The van der Waals surface area contributed by atoms with E-state index in [1.807, 2.05) is 0 Å². The molecular weight excluding hydrogens is 622 g/mol. The van der Waals surface area contributed by atoms with Crippen LogP contribution in [0.25, 0.3) is 0 Å². The van der Waals surface area contributed by atoms with Gasteiger partial charge in [-0.25, -0.2) is 0 Å². The smallest absolute Gasteiger partial charge is 0.306 e. The van der Waals surface area contributed by atoms with Crippen molar-refractivity contribution >= 4 is 11.9 Å². The summed E-state index contributed by atoms with van der Waals surface area (Å²) in [5, 5.41) is 9.55. The molecule has 0 aliphatic heterocycles. The summed E-state index contributed by atoms with van der Waals surface area (Å²) in [6.07, 6.45) is 37.4. The second-order valence-electron chi connectivity index (χ2n) is 15.7. The predicted octanol–water partition coefficient (Wildman–Crippen LogP) is 12.3. The zero-order chi connectivity index (χ0) is 36.3. The molecule has 0 amide bonds. The molecular formula is C44H85NO5. The van der Waals surface area contributed by atoms with Crippen molar-refractivity contribution in [3.63, 3.8) is 0 Å². The quantitative estimate of drug-likeness (QED) is 0.0506. The summed E-state index contributed by atoms with van der Waals surface area (Å²) in [7, 11) is 0. The standard InChI is InChI=1S/C44H85NO5/c1-4-7-10-13-17-24-31-41(32-25-18-14-11-8-5-2)49-43(47)33-26-19-15-21-28-35-45(37-38-46)36-29-22-16-20-27-34-44(48)50-42-39-40(42)30-23-12-9-6-3/h40-42,46H,4-39H2,1-3H3. The number of unbranched alkanes of at least 4 members (excludes halogenated alkanes) is 21. The highest BCUT2D eigenvalue weighted by Crippen LogP contribution is 2.38. The van der Waals surface area contributed by atoms with Crippen molar-refractivity contribution < 1.29 is 24.2 Å². The molecule has 50 heavy (non-hydrogen) atoms. The van der Waals surface area contributed by atoms with Crippen LogP contribution < -0.4 is 0 Å². The maximum absolute atomic E-state index is 12.7. The largest absolute Gasteiger partial charge is 0.462 e. The van der Waals surface area contributed by atoms with Crippen LogP contribution in [-0.4, -0.2) is 60.4 Å². The Morgan fingerprint density at radius 2 is 1.00 bits per heavy atom. The Labute approximate surface area is 311 Å². The van der Waals surface area contributed by atoms with Crippen molar-refractivity contribution in [3.05, 3.63) is 0 Å². The van der Waals surface area contributed by atoms with Gasteiger partial charge in [-0.15, -0.1) is 0 Å². The van der Waals surface area contributed by atoms with Crippen LogP contribution in [0.15, 0.2) is 0 Å². The van der Waals surface area contributed by atoms with Crippen LogP contribution in [0, 0.1) is 5.92 Å². The average molecular weight is 708 g/mol.